The van der Waals surface area contributed by atoms with Crippen LogP contribution in [-0.4, -0.2) is 41.4 Å². The van der Waals surface area contributed by atoms with E-state index < -0.39 is 11.7 Å². The number of benzene rings is 1. The third-order valence-electron chi connectivity index (χ3n) is 5.77. The topological polar surface area (TPSA) is 121 Å². The van der Waals surface area contributed by atoms with E-state index in [0.29, 0.717) is 34.1 Å². The highest BCUT2D eigenvalue weighted by atomic mass is 35.5. The molecule has 0 aliphatic carbocycles. The maximum absolute atomic E-state index is 12.8. The smallest absolute Gasteiger partial charge is 0.286 e. The first-order valence-corrected chi connectivity index (χ1v) is 11.9. The molecule has 1 aliphatic rings. The molecule has 12 heteroatoms. The van der Waals surface area contributed by atoms with E-state index in [4.69, 9.17) is 32.5 Å². The van der Waals surface area contributed by atoms with E-state index in [9.17, 15) is 9.90 Å². The lowest BCUT2D eigenvalue weighted by molar-refractivity contribution is -0.0394. The van der Waals surface area contributed by atoms with Crippen molar-refractivity contribution in [2.24, 2.45) is 0 Å². The van der Waals surface area contributed by atoms with Gasteiger partial charge in [-0.25, -0.2) is 9.36 Å². The summed E-state index contributed by atoms with van der Waals surface area (Å²) in [4.78, 5) is 17.1. The number of aliphatic hydroxyl groups is 1. The highest BCUT2D eigenvalue weighted by molar-refractivity contribution is 6.33. The molecule has 1 fully saturated rings. The van der Waals surface area contributed by atoms with Crippen LogP contribution >= 0.6 is 23.2 Å². The van der Waals surface area contributed by atoms with Crippen LogP contribution in [0, 0.1) is 0 Å². The molecule has 0 saturated carbocycles. The monoisotopic (exact) mass is 516 g/mol. The minimum atomic E-state index is -0.827. The Hall–Kier alpha value is -3.05. The Labute approximate surface area is 210 Å². The van der Waals surface area contributed by atoms with Gasteiger partial charge in [-0.15, -0.1) is 0 Å². The number of aliphatic hydroxyl groups excluding tert-OH is 1. The average Bonchev–Trinajstić information content (AvgIpc) is 3.53. The molecule has 0 amide bonds. The van der Waals surface area contributed by atoms with Crippen LogP contribution in [0.1, 0.15) is 48.9 Å². The van der Waals surface area contributed by atoms with Crippen LogP contribution in [0.15, 0.2) is 52.2 Å². The van der Waals surface area contributed by atoms with E-state index in [1.54, 1.807) is 41.3 Å². The maximum Gasteiger partial charge on any atom is 0.286 e. The van der Waals surface area contributed by atoms with Gasteiger partial charge in [0.25, 0.3) is 5.56 Å². The fourth-order valence-electron chi connectivity index (χ4n) is 3.89. The van der Waals surface area contributed by atoms with Gasteiger partial charge in [0.2, 0.25) is 5.89 Å². The van der Waals surface area contributed by atoms with Crippen LogP contribution in [-0.2, 0) is 17.7 Å². The lowest BCUT2D eigenvalue weighted by Crippen LogP contribution is -2.24. The van der Waals surface area contributed by atoms with Gasteiger partial charge in [0.05, 0.1) is 18.5 Å². The molecule has 4 aromatic rings. The van der Waals surface area contributed by atoms with E-state index in [0.717, 1.165) is 23.9 Å². The Morgan fingerprint density at radius 3 is 2.74 bits per heavy atom. The Balaban J connectivity index is 1.28. The second-order valence-corrected chi connectivity index (χ2v) is 9.06. The standard InChI is InChI=1S/C23H22Cl2N6O4/c24-16-6-4-14(5-7-16)18(32)9-19-28-20(35-29-19)13-31-23(33)22(25)17(11-27-31)15-10-26-30(12-15)21-3-1-2-8-34-21/h4-7,10-12,18,21,32H,1-3,8-9,13H2. The number of rotatable bonds is 7. The molecular weight excluding hydrogens is 495 g/mol. The maximum atomic E-state index is 12.8. The van der Waals surface area contributed by atoms with E-state index in [-0.39, 0.29) is 30.1 Å². The zero-order valence-electron chi connectivity index (χ0n) is 18.5. The van der Waals surface area contributed by atoms with Crippen LogP contribution in [0.4, 0.5) is 0 Å². The minimum absolute atomic E-state index is 0.0158. The summed E-state index contributed by atoms with van der Waals surface area (Å²) in [6, 6.07) is 6.85. The lowest BCUT2D eigenvalue weighted by atomic mass is 10.1. The number of ether oxygens (including phenoxy) is 1. The van der Waals surface area contributed by atoms with Gasteiger partial charge in [0.15, 0.2) is 5.82 Å². The van der Waals surface area contributed by atoms with Crippen molar-refractivity contribution in [2.75, 3.05) is 6.61 Å². The fraction of sp³-hybridized carbons (Fsp3) is 0.348. The zero-order chi connectivity index (χ0) is 24.4. The number of aromatic nitrogens is 6. The average molecular weight is 517 g/mol. The summed E-state index contributed by atoms with van der Waals surface area (Å²) in [6.07, 6.45) is 7.16. The predicted octanol–water partition coefficient (Wildman–Crippen LogP) is 3.82. The Bertz CT molecular complexity index is 1360. The van der Waals surface area contributed by atoms with Crippen LogP contribution in [0.3, 0.4) is 0 Å². The number of nitrogens with zero attached hydrogens (tertiary/aromatic N) is 6. The summed E-state index contributed by atoms with van der Waals surface area (Å²) < 4.78 is 13.9. The van der Waals surface area contributed by atoms with Crippen LogP contribution < -0.4 is 5.56 Å². The molecule has 35 heavy (non-hydrogen) atoms. The Morgan fingerprint density at radius 1 is 1.14 bits per heavy atom. The summed E-state index contributed by atoms with van der Waals surface area (Å²) in [5.41, 5.74) is 1.34. The third-order valence-corrected chi connectivity index (χ3v) is 6.39. The molecule has 1 saturated heterocycles. The first-order chi connectivity index (χ1) is 17.0. The first-order valence-electron chi connectivity index (χ1n) is 11.1. The lowest BCUT2D eigenvalue weighted by Gasteiger charge is -2.22. The van der Waals surface area contributed by atoms with Crippen molar-refractivity contribution in [3.63, 3.8) is 0 Å². The summed E-state index contributed by atoms with van der Waals surface area (Å²) in [5, 5.41) is 23.5. The molecule has 182 valence electrons. The van der Waals surface area contributed by atoms with Gasteiger partial charge in [0, 0.05) is 35.4 Å². The Morgan fingerprint density at radius 2 is 1.97 bits per heavy atom. The molecule has 1 aliphatic heterocycles. The molecule has 0 spiro atoms. The van der Waals surface area contributed by atoms with Crippen molar-refractivity contribution < 1.29 is 14.4 Å². The zero-order valence-corrected chi connectivity index (χ0v) is 20.1. The Kier molecular flexibility index (Phi) is 6.96. The molecule has 0 bridgehead atoms. The van der Waals surface area contributed by atoms with Gasteiger partial charge in [-0.1, -0.05) is 40.5 Å². The predicted molar refractivity (Wildman–Crippen MR) is 127 cm³/mol. The van der Waals surface area contributed by atoms with Gasteiger partial charge in [-0.05, 0) is 37.0 Å². The molecule has 1 aromatic carbocycles. The van der Waals surface area contributed by atoms with Gasteiger partial charge < -0.3 is 14.4 Å². The summed E-state index contributed by atoms with van der Waals surface area (Å²) in [7, 11) is 0. The van der Waals surface area contributed by atoms with Crippen molar-refractivity contribution in [2.45, 2.75) is 44.6 Å². The van der Waals surface area contributed by atoms with Gasteiger partial charge in [-0.3, -0.25) is 4.79 Å². The fourth-order valence-corrected chi connectivity index (χ4v) is 4.27. The van der Waals surface area contributed by atoms with Crippen molar-refractivity contribution >= 4 is 23.2 Å². The second-order valence-electron chi connectivity index (χ2n) is 8.24. The third kappa shape index (κ3) is 5.30. The van der Waals surface area contributed by atoms with Crippen molar-refractivity contribution in [1.29, 1.82) is 0 Å². The number of hydrogen-bond donors (Lipinski definition) is 1. The van der Waals surface area contributed by atoms with Gasteiger partial charge in [0.1, 0.15) is 17.8 Å². The second kappa shape index (κ2) is 10.3. The largest absolute Gasteiger partial charge is 0.388 e. The van der Waals surface area contributed by atoms with E-state index in [2.05, 4.69) is 20.3 Å². The molecule has 3 aromatic heterocycles. The molecule has 10 nitrogen and oxygen atoms in total. The molecule has 0 radical (unpaired) electrons. The molecular formula is C23H22Cl2N6O4. The van der Waals surface area contributed by atoms with Crippen LogP contribution in [0.2, 0.25) is 10.0 Å². The van der Waals surface area contributed by atoms with Gasteiger partial charge in [-0.2, -0.15) is 15.2 Å². The quantitative estimate of drug-likeness (QED) is 0.393. The summed E-state index contributed by atoms with van der Waals surface area (Å²) in [6.45, 7) is 0.647. The first kappa shape index (κ1) is 23.7. The van der Waals surface area contributed by atoms with E-state index >= 15 is 0 Å². The van der Waals surface area contributed by atoms with E-state index in [1.165, 1.54) is 6.20 Å². The van der Waals surface area contributed by atoms with Crippen molar-refractivity contribution in [3.8, 4) is 11.1 Å². The normalized spacial score (nSPS) is 16.9. The molecule has 2 unspecified atom stereocenters. The highest BCUT2D eigenvalue weighted by Gasteiger charge is 2.20. The minimum Gasteiger partial charge on any atom is -0.388 e. The molecule has 2 atom stereocenters. The van der Waals surface area contributed by atoms with Crippen LogP contribution in [0.5, 0.6) is 0 Å². The highest BCUT2D eigenvalue weighted by Crippen LogP contribution is 2.27. The van der Waals surface area contributed by atoms with E-state index in [1.807, 2.05) is 0 Å². The van der Waals surface area contributed by atoms with Gasteiger partial charge >= 0.3 is 0 Å². The summed E-state index contributed by atoms with van der Waals surface area (Å²) >= 11 is 12.3. The molecule has 1 N–H and O–H groups in total. The van der Waals surface area contributed by atoms with Crippen molar-refractivity contribution in [3.05, 3.63) is 80.5 Å². The number of hydrogen-bond acceptors (Lipinski definition) is 8. The van der Waals surface area contributed by atoms with Crippen LogP contribution in [0.25, 0.3) is 11.1 Å². The summed E-state index contributed by atoms with van der Waals surface area (Å²) in [5.74, 6) is 0.472. The SMILES string of the molecule is O=c1c(Cl)c(-c2cnn(C3CCCCO3)c2)cnn1Cc1nc(CC(O)c2ccc(Cl)cc2)no1. The molecule has 4 heterocycles. The van der Waals surface area contributed by atoms with Crippen molar-refractivity contribution in [1.82, 2.24) is 29.7 Å². The number of halogens is 2. The molecule has 5 rings (SSSR count).